The third kappa shape index (κ3) is 4.44. The lowest BCUT2D eigenvalue weighted by Crippen LogP contribution is -2.43. The van der Waals surface area contributed by atoms with Gasteiger partial charge in [-0.2, -0.15) is 0 Å². The van der Waals surface area contributed by atoms with Gasteiger partial charge in [-0.25, -0.2) is 8.78 Å². The van der Waals surface area contributed by atoms with Crippen molar-refractivity contribution in [3.63, 3.8) is 0 Å². The first-order chi connectivity index (χ1) is 9.38. The minimum absolute atomic E-state index is 0.0753. The zero-order valence-corrected chi connectivity index (χ0v) is 13.4. The van der Waals surface area contributed by atoms with Crippen molar-refractivity contribution in [1.29, 1.82) is 0 Å². The van der Waals surface area contributed by atoms with Gasteiger partial charge in [0.15, 0.2) is 0 Å². The molecule has 0 spiro atoms. The molecule has 2 N–H and O–H groups in total. The summed E-state index contributed by atoms with van der Waals surface area (Å²) in [6.45, 7) is 5.51. The van der Waals surface area contributed by atoms with Gasteiger partial charge in [0.1, 0.15) is 23.4 Å². The first kappa shape index (κ1) is 16.9. The van der Waals surface area contributed by atoms with Crippen molar-refractivity contribution in [2.24, 2.45) is 0 Å². The van der Waals surface area contributed by atoms with E-state index in [1.807, 2.05) is 13.8 Å². The number of amides is 1. The summed E-state index contributed by atoms with van der Waals surface area (Å²) in [5.41, 5.74) is -0.291. The molecule has 1 amide bonds. The second kappa shape index (κ2) is 7.57. The Balaban J connectivity index is 2.76. The molecule has 1 aromatic carbocycles. The second-order valence-corrected chi connectivity index (χ2v) is 5.55. The fraction of sp³-hybridized carbons (Fsp3) is 0.500. The van der Waals surface area contributed by atoms with E-state index in [4.69, 9.17) is 0 Å². The van der Waals surface area contributed by atoms with Gasteiger partial charge in [-0.15, -0.1) is 0 Å². The Bertz CT molecular complexity index is 455. The predicted octanol–water partition coefficient (Wildman–Crippen LogP) is 3.83. The molecule has 0 saturated carbocycles. The van der Waals surface area contributed by atoms with Gasteiger partial charge in [0.05, 0.1) is 0 Å². The number of hydrogen-bond donors (Lipinski definition) is 2. The maximum absolute atomic E-state index is 13.7. The van der Waals surface area contributed by atoms with Crippen LogP contribution in [0.2, 0.25) is 0 Å². The second-order valence-electron chi connectivity index (χ2n) is 4.63. The Labute approximate surface area is 126 Å². The largest absolute Gasteiger partial charge is 0.369 e. The van der Waals surface area contributed by atoms with E-state index in [-0.39, 0.29) is 17.6 Å². The summed E-state index contributed by atoms with van der Waals surface area (Å²) in [5, 5.41) is 5.41. The fourth-order valence-electron chi connectivity index (χ4n) is 1.78. The number of halogens is 3. The number of anilines is 1. The molecule has 0 aliphatic heterocycles. The first-order valence-corrected chi connectivity index (χ1v) is 7.39. The van der Waals surface area contributed by atoms with Gasteiger partial charge >= 0.3 is 0 Å². The Morgan fingerprint density at radius 3 is 2.20 bits per heavy atom. The van der Waals surface area contributed by atoms with Gasteiger partial charge in [-0.1, -0.05) is 29.8 Å². The van der Waals surface area contributed by atoms with E-state index >= 15 is 0 Å². The average Bonchev–Trinajstić information content (AvgIpc) is 2.39. The van der Waals surface area contributed by atoms with Crippen molar-refractivity contribution < 1.29 is 13.6 Å². The van der Waals surface area contributed by atoms with Crippen molar-refractivity contribution in [3.05, 3.63) is 28.2 Å². The molecule has 0 aliphatic rings. The summed E-state index contributed by atoms with van der Waals surface area (Å²) < 4.78 is 27.6. The summed E-state index contributed by atoms with van der Waals surface area (Å²) in [5.74, 6) is -1.75. The van der Waals surface area contributed by atoms with Crippen molar-refractivity contribution in [2.75, 3.05) is 5.32 Å². The molecule has 1 rings (SSSR count). The minimum atomic E-state index is -0.737. The molecule has 6 heteroatoms. The number of carbonyl (C=O) groups is 1. The van der Waals surface area contributed by atoms with E-state index in [1.54, 1.807) is 6.92 Å². The van der Waals surface area contributed by atoms with Gasteiger partial charge < -0.3 is 10.6 Å². The van der Waals surface area contributed by atoms with Crippen LogP contribution in [0.15, 0.2) is 16.6 Å². The molecule has 0 aliphatic carbocycles. The van der Waals surface area contributed by atoms with E-state index in [2.05, 4.69) is 26.6 Å². The molecule has 0 heterocycles. The predicted molar refractivity (Wildman–Crippen MR) is 79.7 cm³/mol. The van der Waals surface area contributed by atoms with Crippen LogP contribution in [-0.4, -0.2) is 18.0 Å². The Morgan fingerprint density at radius 1 is 1.25 bits per heavy atom. The molecule has 1 unspecified atom stereocenters. The zero-order chi connectivity index (χ0) is 15.3. The van der Waals surface area contributed by atoms with Crippen molar-refractivity contribution in [1.82, 2.24) is 5.32 Å². The number of nitrogens with one attached hydrogen (secondary N) is 2. The number of hydrogen-bond acceptors (Lipinski definition) is 2. The van der Waals surface area contributed by atoms with Crippen LogP contribution in [0.1, 0.15) is 33.6 Å². The van der Waals surface area contributed by atoms with Crippen molar-refractivity contribution in [3.8, 4) is 0 Å². The molecule has 3 nitrogen and oxygen atoms in total. The van der Waals surface area contributed by atoms with Gasteiger partial charge in [0.2, 0.25) is 5.91 Å². The molecule has 0 radical (unpaired) electrons. The molecule has 0 fully saturated rings. The molecule has 1 aromatic rings. The molecule has 0 saturated heterocycles. The molecule has 112 valence electrons. The monoisotopic (exact) mass is 348 g/mol. The van der Waals surface area contributed by atoms with Gasteiger partial charge in [-0.3, -0.25) is 4.79 Å². The molecule has 1 atom stereocenters. The van der Waals surface area contributed by atoms with E-state index in [1.165, 1.54) is 0 Å². The van der Waals surface area contributed by atoms with Crippen LogP contribution >= 0.6 is 15.9 Å². The summed E-state index contributed by atoms with van der Waals surface area (Å²) >= 11 is 3.01. The lowest BCUT2D eigenvalue weighted by Gasteiger charge is -2.20. The highest BCUT2D eigenvalue weighted by molar-refractivity contribution is 9.10. The van der Waals surface area contributed by atoms with E-state index in [0.29, 0.717) is 4.47 Å². The fourth-order valence-corrected chi connectivity index (χ4v) is 2.18. The van der Waals surface area contributed by atoms with E-state index in [0.717, 1.165) is 25.0 Å². The topological polar surface area (TPSA) is 41.1 Å². The van der Waals surface area contributed by atoms with E-state index < -0.39 is 17.7 Å². The maximum Gasteiger partial charge on any atom is 0.242 e. The zero-order valence-electron chi connectivity index (χ0n) is 11.8. The summed E-state index contributed by atoms with van der Waals surface area (Å²) in [6.07, 6.45) is 1.63. The Hall–Kier alpha value is -1.17. The molecule has 0 bridgehead atoms. The molecular weight excluding hydrogens is 330 g/mol. The van der Waals surface area contributed by atoms with Gasteiger partial charge in [0, 0.05) is 10.5 Å². The summed E-state index contributed by atoms with van der Waals surface area (Å²) in [7, 11) is 0. The van der Waals surface area contributed by atoms with Crippen molar-refractivity contribution >= 4 is 27.5 Å². The van der Waals surface area contributed by atoms with Gasteiger partial charge in [-0.05, 0) is 31.9 Å². The number of carbonyl (C=O) groups excluding carboxylic acids is 1. The first-order valence-electron chi connectivity index (χ1n) is 6.60. The molecular formula is C14H19BrF2N2O. The normalized spacial score (nSPS) is 12.3. The maximum atomic E-state index is 13.7. The highest BCUT2D eigenvalue weighted by atomic mass is 79.9. The smallest absolute Gasteiger partial charge is 0.242 e. The number of benzene rings is 1. The minimum Gasteiger partial charge on any atom is -0.369 e. The van der Waals surface area contributed by atoms with Crippen molar-refractivity contribution in [2.45, 2.75) is 45.7 Å². The van der Waals surface area contributed by atoms with Crippen LogP contribution in [0.5, 0.6) is 0 Å². The van der Waals surface area contributed by atoms with E-state index in [9.17, 15) is 13.6 Å². The van der Waals surface area contributed by atoms with Gasteiger partial charge in [0.25, 0.3) is 0 Å². The van der Waals surface area contributed by atoms with Crippen LogP contribution in [-0.2, 0) is 4.79 Å². The standard InChI is InChI=1S/C14H19BrF2N2O/c1-4-10(5-2)19-14(20)8(3)18-13-11(16)6-9(15)7-12(13)17/h6-8,10,18H,4-5H2,1-3H3,(H,19,20). The SMILES string of the molecule is CCC(CC)NC(=O)C(C)Nc1c(F)cc(Br)cc1F. The van der Waals surface area contributed by atoms with Crippen LogP contribution in [0, 0.1) is 11.6 Å². The highest BCUT2D eigenvalue weighted by Crippen LogP contribution is 2.24. The number of rotatable bonds is 6. The van der Waals surface area contributed by atoms with Crippen LogP contribution in [0.4, 0.5) is 14.5 Å². The summed E-state index contributed by atoms with van der Waals surface area (Å²) in [4.78, 5) is 11.9. The third-order valence-electron chi connectivity index (χ3n) is 3.09. The van der Waals surface area contributed by atoms with Crippen LogP contribution in [0.25, 0.3) is 0 Å². The lowest BCUT2D eigenvalue weighted by molar-refractivity contribution is -0.122. The van der Waals surface area contributed by atoms with Crippen LogP contribution < -0.4 is 10.6 Å². The third-order valence-corrected chi connectivity index (χ3v) is 3.55. The van der Waals surface area contributed by atoms with Crippen LogP contribution in [0.3, 0.4) is 0 Å². The highest BCUT2D eigenvalue weighted by Gasteiger charge is 2.19. The lowest BCUT2D eigenvalue weighted by atomic mass is 10.1. The summed E-state index contributed by atoms with van der Waals surface area (Å²) in [6, 6.07) is 1.65. The average molecular weight is 349 g/mol. The Morgan fingerprint density at radius 2 is 1.75 bits per heavy atom. The molecule has 20 heavy (non-hydrogen) atoms. The quantitative estimate of drug-likeness (QED) is 0.820. The molecule has 0 aromatic heterocycles. The Kier molecular flexibility index (Phi) is 6.39.